The fourth-order valence-electron chi connectivity index (χ4n) is 6.11. The molecule has 230 valence electrons. The van der Waals surface area contributed by atoms with Gasteiger partial charge in [-0.2, -0.15) is 0 Å². The molecular weight excluding hydrogens is 605 g/mol. The smallest absolute Gasteiger partial charge is 0.195 e. The van der Waals surface area contributed by atoms with Crippen LogP contribution in [0.3, 0.4) is 0 Å². The Hall–Kier alpha value is -6.17. The Balaban J connectivity index is 1.43. The summed E-state index contributed by atoms with van der Waals surface area (Å²) in [6.07, 6.45) is 0. The molecule has 0 aliphatic rings. The molecule has 0 saturated carbocycles. The van der Waals surface area contributed by atoms with E-state index in [9.17, 15) is 0 Å². The van der Waals surface area contributed by atoms with Gasteiger partial charge in [0, 0.05) is 34.1 Å². The molecule has 1 heterocycles. The zero-order valence-corrected chi connectivity index (χ0v) is 27.0. The maximum atomic E-state index is 5.54. The van der Waals surface area contributed by atoms with Crippen molar-refractivity contribution in [3.05, 3.63) is 194 Å². The van der Waals surface area contributed by atoms with Crippen molar-refractivity contribution in [1.29, 1.82) is 0 Å². The molecular formula is C43H32N4S. The summed E-state index contributed by atoms with van der Waals surface area (Å²) in [5, 5.41) is 0.887. The van der Waals surface area contributed by atoms with E-state index in [0.29, 0.717) is 0 Å². The lowest BCUT2D eigenvalue weighted by atomic mass is 10.1. The number of rotatable bonds is 9. The third-order valence-electron chi connectivity index (χ3n) is 8.25. The van der Waals surface area contributed by atoms with Crippen LogP contribution in [0.1, 0.15) is 0 Å². The number of fused-ring (bicyclic) bond motifs is 1. The monoisotopic (exact) mass is 636 g/mol. The predicted octanol–water partition coefficient (Wildman–Crippen LogP) is 12.7. The van der Waals surface area contributed by atoms with Gasteiger partial charge in [-0.05, 0) is 84.9 Å². The number of thiazole rings is 1. The van der Waals surface area contributed by atoms with Crippen molar-refractivity contribution in [3.8, 4) is 0 Å². The summed E-state index contributed by atoms with van der Waals surface area (Å²) in [4.78, 5) is 12.4. The van der Waals surface area contributed by atoms with Crippen molar-refractivity contribution in [3.63, 3.8) is 0 Å². The third kappa shape index (κ3) is 5.68. The van der Waals surface area contributed by atoms with Crippen LogP contribution in [0, 0.1) is 0 Å². The summed E-state index contributed by atoms with van der Waals surface area (Å²) < 4.78 is 1.09. The molecule has 0 unspecified atom stereocenters. The van der Waals surface area contributed by atoms with E-state index in [4.69, 9.17) is 4.98 Å². The number of nitrogens with zero attached hydrogens (tertiary/aromatic N) is 4. The van der Waals surface area contributed by atoms with E-state index in [-0.39, 0.29) is 0 Å². The lowest BCUT2D eigenvalue weighted by molar-refractivity contribution is 1.23. The average Bonchev–Trinajstić information content (AvgIpc) is 3.61. The molecule has 0 fully saturated rings. The Kier molecular flexibility index (Phi) is 8.09. The van der Waals surface area contributed by atoms with Crippen LogP contribution in [0.25, 0.3) is 10.2 Å². The molecule has 0 radical (unpaired) electrons. The Bertz CT molecular complexity index is 1990. The largest absolute Gasteiger partial charge is 0.309 e. The summed E-state index contributed by atoms with van der Waals surface area (Å²) in [5.74, 6) is 0. The van der Waals surface area contributed by atoms with Crippen LogP contribution < -0.4 is 14.7 Å². The fraction of sp³-hybridized carbons (Fsp3) is 0. The minimum Gasteiger partial charge on any atom is -0.309 e. The zero-order chi connectivity index (χ0) is 32.1. The van der Waals surface area contributed by atoms with Crippen LogP contribution in [0.4, 0.5) is 50.6 Å². The van der Waals surface area contributed by atoms with Gasteiger partial charge < -0.3 is 9.80 Å². The first kappa shape index (κ1) is 29.2. The predicted molar refractivity (Wildman–Crippen MR) is 204 cm³/mol. The molecule has 0 aliphatic carbocycles. The highest BCUT2D eigenvalue weighted by Gasteiger charge is 2.26. The Morgan fingerprint density at radius 3 is 0.958 bits per heavy atom. The second-order valence-corrected chi connectivity index (χ2v) is 12.3. The molecule has 8 aromatic rings. The van der Waals surface area contributed by atoms with Gasteiger partial charge in [-0.25, -0.2) is 4.98 Å². The first-order chi connectivity index (χ1) is 23.8. The van der Waals surface area contributed by atoms with Gasteiger partial charge in [0.05, 0.1) is 16.1 Å². The van der Waals surface area contributed by atoms with Crippen LogP contribution in [0.2, 0.25) is 0 Å². The normalized spacial score (nSPS) is 10.9. The summed E-state index contributed by atoms with van der Waals surface area (Å²) in [6, 6.07) is 67.6. The van der Waals surface area contributed by atoms with Gasteiger partial charge in [0.1, 0.15) is 5.52 Å². The van der Waals surface area contributed by atoms with E-state index in [0.717, 1.165) is 60.8 Å². The number of benzene rings is 7. The Morgan fingerprint density at radius 1 is 0.312 bits per heavy atom. The SMILES string of the molecule is c1ccc(N(c2ccccc2)c2nc3c(N(c4ccccc4)c4ccccc4)ccc(N(c4ccccc4)c4ccccc4)c3s2)cc1. The van der Waals surface area contributed by atoms with E-state index in [1.807, 2.05) is 0 Å². The van der Waals surface area contributed by atoms with Crippen molar-refractivity contribution >= 4 is 72.2 Å². The summed E-state index contributed by atoms with van der Waals surface area (Å²) in [5.41, 5.74) is 9.41. The van der Waals surface area contributed by atoms with Crippen molar-refractivity contribution in [2.24, 2.45) is 0 Å². The van der Waals surface area contributed by atoms with Gasteiger partial charge in [0.2, 0.25) is 0 Å². The highest BCUT2D eigenvalue weighted by Crippen LogP contribution is 2.49. The van der Waals surface area contributed by atoms with Crippen LogP contribution in [-0.2, 0) is 0 Å². The van der Waals surface area contributed by atoms with Crippen LogP contribution in [0.5, 0.6) is 0 Å². The topological polar surface area (TPSA) is 22.6 Å². The van der Waals surface area contributed by atoms with E-state index < -0.39 is 0 Å². The number of aromatic nitrogens is 1. The Labute approximate surface area is 285 Å². The van der Waals surface area contributed by atoms with Crippen LogP contribution in [-0.4, -0.2) is 4.98 Å². The van der Waals surface area contributed by atoms with Gasteiger partial charge in [0.15, 0.2) is 5.13 Å². The first-order valence-corrected chi connectivity index (χ1v) is 16.8. The highest BCUT2D eigenvalue weighted by molar-refractivity contribution is 7.23. The third-order valence-corrected chi connectivity index (χ3v) is 9.31. The fourth-order valence-corrected chi connectivity index (χ4v) is 7.24. The average molecular weight is 637 g/mol. The summed E-state index contributed by atoms with van der Waals surface area (Å²) in [6.45, 7) is 0. The molecule has 5 heteroatoms. The first-order valence-electron chi connectivity index (χ1n) is 16.0. The van der Waals surface area contributed by atoms with Crippen LogP contribution in [0.15, 0.2) is 194 Å². The molecule has 0 amide bonds. The van der Waals surface area contributed by atoms with E-state index in [1.54, 1.807) is 11.3 Å². The molecule has 0 saturated heterocycles. The molecule has 0 spiro atoms. The van der Waals surface area contributed by atoms with E-state index in [2.05, 4.69) is 209 Å². The van der Waals surface area contributed by atoms with Crippen molar-refractivity contribution in [2.45, 2.75) is 0 Å². The molecule has 4 nitrogen and oxygen atoms in total. The van der Waals surface area contributed by atoms with Gasteiger partial charge in [-0.3, -0.25) is 4.90 Å². The zero-order valence-electron chi connectivity index (χ0n) is 26.2. The lowest BCUT2D eigenvalue weighted by Gasteiger charge is -2.29. The van der Waals surface area contributed by atoms with Crippen molar-refractivity contribution in [2.75, 3.05) is 14.7 Å². The number of hydrogen-bond donors (Lipinski definition) is 0. The van der Waals surface area contributed by atoms with E-state index >= 15 is 0 Å². The van der Waals surface area contributed by atoms with E-state index in [1.165, 1.54) is 0 Å². The van der Waals surface area contributed by atoms with Crippen molar-refractivity contribution < 1.29 is 0 Å². The minimum absolute atomic E-state index is 0.887. The van der Waals surface area contributed by atoms with Gasteiger partial charge >= 0.3 is 0 Å². The quantitative estimate of drug-likeness (QED) is 0.157. The second-order valence-electron chi connectivity index (χ2n) is 11.3. The minimum atomic E-state index is 0.887. The highest BCUT2D eigenvalue weighted by atomic mass is 32.1. The van der Waals surface area contributed by atoms with Gasteiger partial charge in [-0.1, -0.05) is 121 Å². The maximum Gasteiger partial charge on any atom is 0.195 e. The Morgan fingerprint density at radius 2 is 0.604 bits per heavy atom. The van der Waals surface area contributed by atoms with Gasteiger partial charge in [-0.15, -0.1) is 0 Å². The molecule has 0 aliphatic heterocycles. The van der Waals surface area contributed by atoms with Crippen LogP contribution >= 0.6 is 11.3 Å². The molecule has 0 atom stereocenters. The standard InChI is InChI=1S/C43H32N4S/c1-7-19-33(20-8-1)45(34-21-9-2-10-22-34)39-31-32-40(46(35-23-11-3-12-24-35)36-25-13-4-14-26-36)42-41(39)44-43(48-42)47(37-27-15-5-16-28-37)38-29-17-6-18-30-38/h1-32H. The molecule has 48 heavy (non-hydrogen) atoms. The lowest BCUT2D eigenvalue weighted by Crippen LogP contribution is -2.13. The van der Waals surface area contributed by atoms with Crippen molar-refractivity contribution in [1.82, 2.24) is 4.98 Å². The number of hydrogen-bond acceptors (Lipinski definition) is 5. The molecule has 0 bridgehead atoms. The molecule has 8 rings (SSSR count). The number of anilines is 9. The summed E-state index contributed by atoms with van der Waals surface area (Å²) >= 11 is 1.71. The molecule has 1 aromatic heterocycles. The molecule has 0 N–H and O–H groups in total. The maximum absolute atomic E-state index is 5.54. The van der Waals surface area contributed by atoms with Gasteiger partial charge in [0.25, 0.3) is 0 Å². The second kappa shape index (κ2) is 13.3. The molecule has 7 aromatic carbocycles. The summed E-state index contributed by atoms with van der Waals surface area (Å²) in [7, 11) is 0. The number of para-hydroxylation sites is 6.